The maximum absolute atomic E-state index is 13.6. The molecule has 2 heterocycles. The third-order valence-corrected chi connectivity index (χ3v) is 7.34. The van der Waals surface area contributed by atoms with Gasteiger partial charge in [0, 0.05) is 19.1 Å². The van der Waals surface area contributed by atoms with E-state index >= 15 is 0 Å². The summed E-state index contributed by atoms with van der Waals surface area (Å²) in [4.78, 5) is 15.9. The number of benzene rings is 2. The standard InChI is InChI=1S/C25H29N5O2S/c1-17-10-13-21(32-2)20(16-17)26-23(31)22(18-8-4-3-5-9-18)33-25-28-27-24(29-14-6-7-15-29)30(25)19-11-12-19/h3-5,8-10,13,16,19,22H,6-7,11-12,14-15H2,1-2H3,(H,26,31). The van der Waals surface area contributed by atoms with Gasteiger partial charge >= 0.3 is 0 Å². The van der Waals surface area contributed by atoms with Crippen LogP contribution >= 0.6 is 11.8 Å². The molecule has 1 unspecified atom stereocenters. The summed E-state index contributed by atoms with van der Waals surface area (Å²) < 4.78 is 7.73. The van der Waals surface area contributed by atoms with Crippen LogP contribution in [0.2, 0.25) is 0 Å². The van der Waals surface area contributed by atoms with E-state index in [-0.39, 0.29) is 5.91 Å². The zero-order chi connectivity index (χ0) is 22.8. The highest BCUT2D eigenvalue weighted by atomic mass is 32.2. The number of hydrogen-bond acceptors (Lipinski definition) is 6. The second-order valence-electron chi connectivity index (χ2n) is 8.68. The molecule has 1 aliphatic heterocycles. The number of ether oxygens (including phenoxy) is 1. The number of amides is 1. The molecule has 1 aromatic heterocycles. The van der Waals surface area contributed by atoms with Crippen molar-refractivity contribution in [1.82, 2.24) is 14.8 Å². The maximum atomic E-state index is 13.6. The molecule has 3 aromatic rings. The van der Waals surface area contributed by atoms with Gasteiger partial charge in [0.25, 0.3) is 0 Å². The minimum absolute atomic E-state index is 0.108. The van der Waals surface area contributed by atoms with E-state index < -0.39 is 5.25 Å². The molecule has 0 spiro atoms. The monoisotopic (exact) mass is 463 g/mol. The molecule has 5 rings (SSSR count). The van der Waals surface area contributed by atoms with Gasteiger partial charge < -0.3 is 15.0 Å². The number of thioether (sulfide) groups is 1. The van der Waals surface area contributed by atoms with Crippen molar-refractivity contribution >= 4 is 29.3 Å². The van der Waals surface area contributed by atoms with Crippen LogP contribution in [0.5, 0.6) is 5.75 Å². The molecule has 0 bridgehead atoms. The first-order chi connectivity index (χ1) is 16.1. The Balaban J connectivity index is 1.46. The molecule has 1 aliphatic carbocycles. The number of nitrogens with zero attached hydrogens (tertiary/aromatic N) is 4. The molecule has 2 fully saturated rings. The first kappa shape index (κ1) is 21.8. The Labute approximate surface area is 198 Å². The lowest BCUT2D eigenvalue weighted by Gasteiger charge is -2.20. The van der Waals surface area contributed by atoms with Gasteiger partial charge in [-0.15, -0.1) is 10.2 Å². The number of nitrogens with one attached hydrogen (secondary N) is 1. The molecule has 8 heteroatoms. The molecule has 172 valence electrons. The van der Waals surface area contributed by atoms with E-state index in [1.165, 1.54) is 24.6 Å². The van der Waals surface area contributed by atoms with Crippen LogP contribution in [0, 0.1) is 6.92 Å². The van der Waals surface area contributed by atoms with Gasteiger partial charge in [0.1, 0.15) is 11.0 Å². The fourth-order valence-electron chi connectivity index (χ4n) is 4.26. The molecule has 2 aliphatic rings. The minimum Gasteiger partial charge on any atom is -0.495 e. The van der Waals surface area contributed by atoms with E-state index in [2.05, 4.69) is 25.0 Å². The van der Waals surface area contributed by atoms with Gasteiger partial charge in [0.2, 0.25) is 11.9 Å². The van der Waals surface area contributed by atoms with Crippen molar-refractivity contribution < 1.29 is 9.53 Å². The van der Waals surface area contributed by atoms with E-state index in [1.54, 1.807) is 7.11 Å². The van der Waals surface area contributed by atoms with Crippen LogP contribution in [0.3, 0.4) is 0 Å². The lowest BCUT2D eigenvalue weighted by atomic mass is 10.1. The highest BCUT2D eigenvalue weighted by Crippen LogP contribution is 2.44. The van der Waals surface area contributed by atoms with Gasteiger partial charge in [-0.3, -0.25) is 9.36 Å². The van der Waals surface area contributed by atoms with Gasteiger partial charge in [0.15, 0.2) is 5.16 Å². The molecule has 33 heavy (non-hydrogen) atoms. The zero-order valence-corrected chi connectivity index (χ0v) is 19.8. The van der Waals surface area contributed by atoms with Gasteiger partial charge in [-0.05, 0) is 55.9 Å². The van der Waals surface area contributed by atoms with Crippen molar-refractivity contribution in [1.29, 1.82) is 0 Å². The van der Waals surface area contributed by atoms with Crippen LogP contribution in [0.4, 0.5) is 11.6 Å². The Morgan fingerprint density at radius 2 is 1.88 bits per heavy atom. The molecule has 1 amide bonds. The van der Waals surface area contributed by atoms with Crippen molar-refractivity contribution in [3.05, 3.63) is 59.7 Å². The summed E-state index contributed by atoms with van der Waals surface area (Å²) >= 11 is 1.47. The Bertz CT molecular complexity index is 1120. The number of aromatic nitrogens is 3. The molecule has 2 aromatic carbocycles. The Kier molecular flexibility index (Phi) is 6.26. The summed E-state index contributed by atoms with van der Waals surface area (Å²) in [5, 5.41) is 12.5. The van der Waals surface area contributed by atoms with Crippen molar-refractivity contribution in [2.24, 2.45) is 0 Å². The summed E-state index contributed by atoms with van der Waals surface area (Å²) in [6, 6.07) is 16.1. The molecule has 7 nitrogen and oxygen atoms in total. The number of methoxy groups -OCH3 is 1. The van der Waals surface area contributed by atoms with E-state index in [0.29, 0.717) is 17.5 Å². The van der Waals surface area contributed by atoms with Gasteiger partial charge in [-0.1, -0.05) is 48.2 Å². The smallest absolute Gasteiger partial charge is 0.242 e. The number of carbonyl (C=O) groups is 1. The molecular formula is C25H29N5O2S. The second-order valence-corrected chi connectivity index (χ2v) is 9.75. The fraction of sp³-hybridized carbons (Fsp3) is 0.400. The van der Waals surface area contributed by atoms with Crippen LogP contribution in [0.25, 0.3) is 0 Å². The van der Waals surface area contributed by atoms with Gasteiger partial charge in [-0.25, -0.2) is 0 Å². The number of rotatable bonds is 8. The summed E-state index contributed by atoms with van der Waals surface area (Å²) in [7, 11) is 1.61. The van der Waals surface area contributed by atoms with Crippen molar-refractivity contribution in [2.75, 3.05) is 30.4 Å². The van der Waals surface area contributed by atoms with Crippen LogP contribution in [0.1, 0.15) is 48.1 Å². The topological polar surface area (TPSA) is 72.3 Å². The summed E-state index contributed by atoms with van der Waals surface area (Å²) in [6.07, 6.45) is 4.64. The zero-order valence-electron chi connectivity index (χ0n) is 19.0. The molecule has 1 saturated carbocycles. The van der Waals surface area contributed by atoms with E-state index in [4.69, 9.17) is 4.74 Å². The molecule has 1 saturated heterocycles. The van der Waals surface area contributed by atoms with E-state index in [1.807, 2.05) is 55.5 Å². The first-order valence-corrected chi connectivity index (χ1v) is 12.4. The van der Waals surface area contributed by atoms with E-state index in [9.17, 15) is 4.79 Å². The normalized spacial score (nSPS) is 16.6. The largest absolute Gasteiger partial charge is 0.495 e. The van der Waals surface area contributed by atoms with Crippen molar-refractivity contribution in [3.63, 3.8) is 0 Å². The lowest BCUT2D eigenvalue weighted by molar-refractivity contribution is -0.115. The highest BCUT2D eigenvalue weighted by molar-refractivity contribution is 8.00. The summed E-state index contributed by atoms with van der Waals surface area (Å²) in [6.45, 7) is 4.03. The number of aryl methyl sites for hydroxylation is 1. The summed E-state index contributed by atoms with van der Waals surface area (Å²) in [5.41, 5.74) is 2.66. The SMILES string of the molecule is COc1ccc(C)cc1NC(=O)C(Sc1nnc(N2CCCC2)n1C1CC1)c1ccccc1. The molecule has 0 radical (unpaired) electrons. The predicted octanol–water partition coefficient (Wildman–Crippen LogP) is 5.00. The Morgan fingerprint density at radius 3 is 2.58 bits per heavy atom. The Morgan fingerprint density at radius 1 is 1.12 bits per heavy atom. The van der Waals surface area contributed by atoms with Crippen LogP contribution in [0.15, 0.2) is 53.7 Å². The molecule has 1 atom stereocenters. The maximum Gasteiger partial charge on any atom is 0.242 e. The average molecular weight is 464 g/mol. The van der Waals surface area contributed by atoms with Gasteiger partial charge in [0.05, 0.1) is 12.8 Å². The average Bonchev–Trinajstić information content (AvgIpc) is 3.34. The van der Waals surface area contributed by atoms with Crippen molar-refractivity contribution in [2.45, 2.75) is 49.1 Å². The quantitative estimate of drug-likeness (QED) is 0.474. The highest BCUT2D eigenvalue weighted by Gasteiger charge is 2.34. The van der Waals surface area contributed by atoms with Crippen LogP contribution in [-0.4, -0.2) is 40.9 Å². The van der Waals surface area contributed by atoms with E-state index in [0.717, 1.165) is 48.2 Å². The number of anilines is 2. The third-order valence-electron chi connectivity index (χ3n) is 6.12. The third kappa shape index (κ3) is 4.71. The minimum atomic E-state index is -0.468. The van der Waals surface area contributed by atoms with Gasteiger partial charge in [-0.2, -0.15) is 0 Å². The first-order valence-electron chi connectivity index (χ1n) is 11.5. The predicted molar refractivity (Wildman–Crippen MR) is 131 cm³/mol. The Hall–Kier alpha value is -3.00. The number of carbonyl (C=O) groups excluding carboxylic acids is 1. The molecule has 1 N–H and O–H groups in total. The van der Waals surface area contributed by atoms with Crippen LogP contribution in [-0.2, 0) is 4.79 Å². The number of hydrogen-bond donors (Lipinski definition) is 1. The molecular weight excluding hydrogens is 434 g/mol. The summed E-state index contributed by atoms with van der Waals surface area (Å²) in [5.74, 6) is 1.48. The van der Waals surface area contributed by atoms with Crippen LogP contribution < -0.4 is 15.0 Å². The second kappa shape index (κ2) is 9.47. The lowest BCUT2D eigenvalue weighted by Crippen LogP contribution is -2.23. The van der Waals surface area contributed by atoms with Crippen molar-refractivity contribution in [3.8, 4) is 5.75 Å². The fourth-order valence-corrected chi connectivity index (χ4v) is 5.36.